The Morgan fingerprint density at radius 2 is 2.17 bits per heavy atom. The number of carbonyl (C=O) groups is 1. The summed E-state index contributed by atoms with van der Waals surface area (Å²) >= 11 is 1.45. The number of nitrogens with two attached hydrogens (primary N) is 1. The zero-order valence-electron chi connectivity index (χ0n) is 13.2. The van der Waals surface area contributed by atoms with E-state index in [0.29, 0.717) is 5.69 Å². The van der Waals surface area contributed by atoms with E-state index >= 15 is 0 Å². The second kappa shape index (κ2) is 5.82. The van der Waals surface area contributed by atoms with E-state index < -0.39 is 0 Å². The molecule has 1 amide bonds. The van der Waals surface area contributed by atoms with Crippen LogP contribution in [0.4, 0.5) is 5.95 Å². The lowest BCUT2D eigenvalue weighted by Crippen LogP contribution is -2.30. The number of imidazole rings is 1. The van der Waals surface area contributed by atoms with Gasteiger partial charge >= 0.3 is 0 Å². The number of aromatic nitrogens is 5. The van der Waals surface area contributed by atoms with E-state index in [4.69, 9.17) is 5.73 Å². The van der Waals surface area contributed by atoms with E-state index in [9.17, 15) is 4.79 Å². The summed E-state index contributed by atoms with van der Waals surface area (Å²) in [5.74, 6) is -0.0841. The van der Waals surface area contributed by atoms with Gasteiger partial charge in [0.2, 0.25) is 10.9 Å². The van der Waals surface area contributed by atoms with Crippen molar-refractivity contribution >= 4 is 28.2 Å². The molecular weight excluding hydrogens is 326 g/mol. The van der Waals surface area contributed by atoms with Crippen molar-refractivity contribution in [2.45, 2.75) is 38.6 Å². The first-order chi connectivity index (χ1) is 11.6. The minimum atomic E-state index is -0.248. The Balaban J connectivity index is 1.59. The highest BCUT2D eigenvalue weighted by Crippen LogP contribution is 2.23. The van der Waals surface area contributed by atoms with Crippen LogP contribution in [0, 0.1) is 0 Å². The number of rotatable bonds is 3. The number of anilines is 1. The third-order valence-corrected chi connectivity index (χ3v) is 4.90. The molecule has 0 spiro atoms. The van der Waals surface area contributed by atoms with Gasteiger partial charge in [-0.15, -0.1) is 0 Å². The van der Waals surface area contributed by atoms with Gasteiger partial charge < -0.3 is 11.1 Å². The van der Waals surface area contributed by atoms with Gasteiger partial charge in [0.05, 0.1) is 17.9 Å². The average molecular weight is 343 g/mol. The van der Waals surface area contributed by atoms with Gasteiger partial charge in [0.1, 0.15) is 11.2 Å². The number of fused-ring (bicyclic) bond motifs is 2. The summed E-state index contributed by atoms with van der Waals surface area (Å²) in [7, 11) is 0. The second-order valence-electron chi connectivity index (χ2n) is 5.89. The van der Waals surface area contributed by atoms with E-state index in [-0.39, 0.29) is 17.9 Å². The van der Waals surface area contributed by atoms with Crippen LogP contribution < -0.4 is 11.1 Å². The Kier molecular flexibility index (Phi) is 3.64. The van der Waals surface area contributed by atoms with Gasteiger partial charge in [0.15, 0.2) is 0 Å². The van der Waals surface area contributed by atoms with Crippen LogP contribution in [0.3, 0.4) is 0 Å². The first kappa shape index (κ1) is 15.0. The average Bonchev–Trinajstić information content (AvgIpc) is 3.15. The molecular formula is C15H17N7OS. The van der Waals surface area contributed by atoms with Crippen LogP contribution in [0.5, 0.6) is 0 Å². The molecule has 9 heteroatoms. The van der Waals surface area contributed by atoms with Crippen LogP contribution in [0.25, 0.3) is 4.96 Å². The molecule has 0 saturated heterocycles. The highest BCUT2D eigenvalue weighted by molar-refractivity contribution is 7.14. The monoisotopic (exact) mass is 343 g/mol. The van der Waals surface area contributed by atoms with E-state index in [1.165, 1.54) is 11.3 Å². The summed E-state index contributed by atoms with van der Waals surface area (Å²) in [5.41, 5.74) is 10.5. The molecule has 0 fully saturated rings. The van der Waals surface area contributed by atoms with E-state index in [1.807, 2.05) is 13.1 Å². The molecule has 124 valence electrons. The van der Waals surface area contributed by atoms with Crippen molar-refractivity contribution in [1.82, 2.24) is 29.9 Å². The van der Waals surface area contributed by atoms with Crippen molar-refractivity contribution in [3.8, 4) is 0 Å². The highest BCUT2D eigenvalue weighted by atomic mass is 32.1. The number of amides is 1. The normalized spacial score (nSPS) is 15.2. The summed E-state index contributed by atoms with van der Waals surface area (Å²) in [6, 6.07) is -0.248. The van der Waals surface area contributed by atoms with Gasteiger partial charge in [-0.05, 0) is 32.6 Å². The smallest absolute Gasteiger partial charge is 0.270 e. The molecule has 3 aromatic rings. The van der Waals surface area contributed by atoms with Gasteiger partial charge in [-0.1, -0.05) is 11.3 Å². The summed E-state index contributed by atoms with van der Waals surface area (Å²) in [6.07, 6.45) is 5.59. The van der Waals surface area contributed by atoms with Crippen LogP contribution in [0.2, 0.25) is 0 Å². The summed E-state index contributed by atoms with van der Waals surface area (Å²) < 4.78 is 1.70. The molecule has 4 rings (SSSR count). The molecule has 3 aromatic heterocycles. The van der Waals surface area contributed by atoms with Crippen molar-refractivity contribution in [2.75, 3.05) is 5.73 Å². The summed E-state index contributed by atoms with van der Waals surface area (Å²) in [6.45, 7) is 1.89. The van der Waals surface area contributed by atoms with Gasteiger partial charge in [0, 0.05) is 11.3 Å². The molecule has 0 aromatic carbocycles. The van der Waals surface area contributed by atoms with Crippen molar-refractivity contribution < 1.29 is 4.79 Å². The molecule has 1 aliphatic rings. The van der Waals surface area contributed by atoms with Gasteiger partial charge in [-0.25, -0.2) is 19.5 Å². The van der Waals surface area contributed by atoms with Gasteiger partial charge in [-0.2, -0.15) is 5.10 Å². The van der Waals surface area contributed by atoms with E-state index in [1.54, 1.807) is 10.0 Å². The predicted octanol–water partition coefficient (Wildman–Crippen LogP) is 1.53. The topological polar surface area (TPSA) is 111 Å². The Morgan fingerprint density at radius 1 is 1.33 bits per heavy atom. The highest BCUT2D eigenvalue weighted by Gasteiger charge is 2.23. The minimum Gasteiger partial charge on any atom is -0.368 e. The number of nitrogens with one attached hydrogen (secondary N) is 1. The molecule has 3 heterocycles. The first-order valence-corrected chi connectivity index (χ1v) is 8.74. The molecule has 1 aliphatic carbocycles. The summed E-state index contributed by atoms with van der Waals surface area (Å²) in [5, 5.41) is 7.11. The SMILES string of the molecule is C[C@H](NC(=O)c1nc(N)nc2c1CCCC2)c1cn2ncsc2n1. The quantitative estimate of drug-likeness (QED) is 0.746. The maximum absolute atomic E-state index is 12.7. The van der Waals surface area contributed by atoms with Crippen molar-refractivity contribution in [3.05, 3.63) is 34.4 Å². The van der Waals surface area contributed by atoms with Crippen molar-refractivity contribution in [3.63, 3.8) is 0 Å². The molecule has 0 aliphatic heterocycles. The van der Waals surface area contributed by atoms with Gasteiger partial charge in [0.25, 0.3) is 5.91 Å². The van der Waals surface area contributed by atoms with Crippen molar-refractivity contribution in [2.24, 2.45) is 0 Å². The number of hydrogen-bond acceptors (Lipinski definition) is 7. The van der Waals surface area contributed by atoms with Crippen LogP contribution in [0.15, 0.2) is 11.7 Å². The third-order valence-electron chi connectivity index (χ3n) is 4.21. The maximum Gasteiger partial charge on any atom is 0.270 e. The Labute approximate surface area is 142 Å². The lowest BCUT2D eigenvalue weighted by molar-refractivity contribution is 0.0932. The number of aryl methyl sites for hydroxylation is 1. The Morgan fingerprint density at radius 3 is 3.00 bits per heavy atom. The molecule has 3 N–H and O–H groups in total. The lowest BCUT2D eigenvalue weighted by Gasteiger charge is -2.19. The lowest BCUT2D eigenvalue weighted by atomic mass is 9.94. The second-order valence-corrected chi connectivity index (χ2v) is 6.70. The van der Waals surface area contributed by atoms with Crippen LogP contribution in [-0.2, 0) is 12.8 Å². The van der Waals surface area contributed by atoms with Crippen LogP contribution in [-0.4, -0.2) is 30.5 Å². The molecule has 1 atom stereocenters. The first-order valence-electron chi connectivity index (χ1n) is 7.86. The molecule has 0 saturated carbocycles. The predicted molar refractivity (Wildman–Crippen MR) is 89.8 cm³/mol. The van der Waals surface area contributed by atoms with Crippen LogP contribution >= 0.6 is 11.3 Å². The zero-order chi connectivity index (χ0) is 16.7. The Hall–Kier alpha value is -2.55. The minimum absolute atomic E-state index is 0.153. The summed E-state index contributed by atoms with van der Waals surface area (Å²) in [4.78, 5) is 26.4. The fourth-order valence-electron chi connectivity index (χ4n) is 3.00. The number of carbonyl (C=O) groups excluding carboxylic acids is 1. The molecule has 0 bridgehead atoms. The molecule has 0 radical (unpaired) electrons. The van der Waals surface area contributed by atoms with Crippen LogP contribution in [0.1, 0.15) is 53.2 Å². The standard InChI is InChI=1S/C15H17N7OS/c1-8(11-6-22-15(20-11)24-7-17-22)18-13(23)12-9-4-2-3-5-10(9)19-14(16)21-12/h6-8H,2-5H2,1H3,(H,18,23)(H2,16,19,21)/t8-/m0/s1. The largest absolute Gasteiger partial charge is 0.368 e. The number of nitrogen functional groups attached to an aromatic ring is 1. The number of nitrogens with zero attached hydrogens (tertiary/aromatic N) is 5. The zero-order valence-corrected chi connectivity index (χ0v) is 14.0. The van der Waals surface area contributed by atoms with E-state index in [0.717, 1.165) is 47.6 Å². The molecule has 24 heavy (non-hydrogen) atoms. The fourth-order valence-corrected chi connectivity index (χ4v) is 3.61. The number of hydrogen-bond donors (Lipinski definition) is 2. The van der Waals surface area contributed by atoms with E-state index in [2.05, 4.69) is 25.4 Å². The Bertz CT molecular complexity index is 887. The fraction of sp³-hybridized carbons (Fsp3) is 0.400. The molecule has 8 nitrogen and oxygen atoms in total. The third kappa shape index (κ3) is 2.60. The molecule has 0 unspecified atom stereocenters. The van der Waals surface area contributed by atoms with Crippen molar-refractivity contribution in [1.29, 1.82) is 0 Å². The van der Waals surface area contributed by atoms with Gasteiger partial charge in [-0.3, -0.25) is 4.79 Å². The maximum atomic E-state index is 12.7.